The fraction of sp³-hybridized carbons (Fsp3) is 0.609. The first-order valence-corrected chi connectivity index (χ1v) is 10.5. The van der Waals surface area contributed by atoms with Gasteiger partial charge in [-0.15, -0.1) is 0 Å². The summed E-state index contributed by atoms with van der Waals surface area (Å²) >= 11 is 0. The van der Waals surface area contributed by atoms with Crippen molar-refractivity contribution in [3.8, 4) is 5.75 Å². The molecule has 3 heterocycles. The average Bonchev–Trinajstić information content (AvgIpc) is 3.09. The lowest BCUT2D eigenvalue weighted by molar-refractivity contribution is -0.0596. The molecule has 0 saturated carbocycles. The Morgan fingerprint density at radius 3 is 2.25 bits per heavy atom. The molecule has 28 heavy (non-hydrogen) atoms. The smallest absolute Gasteiger partial charge is 0.118 e. The molecule has 5 nitrogen and oxygen atoms in total. The fourth-order valence-corrected chi connectivity index (χ4v) is 5.32. The van der Waals surface area contributed by atoms with Crippen LogP contribution in [-0.4, -0.2) is 39.0 Å². The van der Waals surface area contributed by atoms with E-state index in [0.29, 0.717) is 18.1 Å². The van der Waals surface area contributed by atoms with Gasteiger partial charge in [0.25, 0.3) is 0 Å². The number of aryl methyl sites for hydroxylation is 1. The largest absolute Gasteiger partial charge is 0.497 e. The summed E-state index contributed by atoms with van der Waals surface area (Å²) in [7, 11) is 1.67. The number of fused-ring (bicyclic) bond motifs is 2. The van der Waals surface area contributed by atoms with Gasteiger partial charge in [-0.1, -0.05) is 12.1 Å². The van der Waals surface area contributed by atoms with Crippen LogP contribution in [0.3, 0.4) is 0 Å². The van der Waals surface area contributed by atoms with E-state index in [2.05, 4.69) is 37.3 Å². The molecule has 2 aliphatic rings. The van der Waals surface area contributed by atoms with Gasteiger partial charge < -0.3 is 9.84 Å². The maximum Gasteiger partial charge on any atom is 0.118 e. The summed E-state index contributed by atoms with van der Waals surface area (Å²) in [6, 6.07) is 9.18. The van der Waals surface area contributed by atoms with Crippen LogP contribution in [0.25, 0.3) is 0 Å². The van der Waals surface area contributed by atoms with Crippen LogP contribution in [0.4, 0.5) is 0 Å². The van der Waals surface area contributed by atoms with Crippen LogP contribution in [0, 0.1) is 13.8 Å². The Kier molecular flexibility index (Phi) is 5.00. The van der Waals surface area contributed by atoms with Gasteiger partial charge in [-0.05, 0) is 71.1 Å². The number of aromatic nitrogens is 2. The van der Waals surface area contributed by atoms with Gasteiger partial charge in [0.05, 0.1) is 18.4 Å². The summed E-state index contributed by atoms with van der Waals surface area (Å²) in [5, 5.41) is 16.2. The number of aliphatic hydroxyl groups is 1. The number of ether oxygens (including phenoxy) is 1. The van der Waals surface area contributed by atoms with Crippen LogP contribution in [0.5, 0.6) is 5.75 Å². The number of benzene rings is 1. The van der Waals surface area contributed by atoms with E-state index in [9.17, 15) is 5.11 Å². The molecule has 5 heteroatoms. The van der Waals surface area contributed by atoms with Crippen molar-refractivity contribution < 1.29 is 9.84 Å². The lowest BCUT2D eigenvalue weighted by Crippen LogP contribution is -2.49. The Balaban J connectivity index is 1.54. The van der Waals surface area contributed by atoms with Gasteiger partial charge in [0.1, 0.15) is 5.75 Å². The minimum absolute atomic E-state index is 0.380. The minimum atomic E-state index is -0.735. The molecule has 0 radical (unpaired) electrons. The van der Waals surface area contributed by atoms with Crippen molar-refractivity contribution in [2.45, 2.75) is 83.6 Å². The molecule has 0 aliphatic carbocycles. The first-order chi connectivity index (χ1) is 13.3. The Bertz CT molecular complexity index is 826. The fourth-order valence-electron chi connectivity index (χ4n) is 5.32. The van der Waals surface area contributed by atoms with Crippen molar-refractivity contribution in [1.29, 1.82) is 0 Å². The SMILES string of the molecule is COc1ccc(C2(O)CC3CCC(C2)N3Cc2c(C)nn(C(C)C)c2C)cc1. The van der Waals surface area contributed by atoms with Crippen LogP contribution in [-0.2, 0) is 12.1 Å². The monoisotopic (exact) mass is 383 g/mol. The minimum Gasteiger partial charge on any atom is -0.497 e. The van der Waals surface area contributed by atoms with Crippen LogP contribution in [0.2, 0.25) is 0 Å². The molecule has 2 fully saturated rings. The zero-order valence-electron chi connectivity index (χ0n) is 17.8. The molecule has 1 N–H and O–H groups in total. The predicted molar refractivity (Wildman–Crippen MR) is 111 cm³/mol. The van der Waals surface area contributed by atoms with Crippen LogP contribution >= 0.6 is 0 Å². The van der Waals surface area contributed by atoms with Crippen molar-refractivity contribution in [1.82, 2.24) is 14.7 Å². The Labute approximate surface area is 168 Å². The summed E-state index contributed by atoms with van der Waals surface area (Å²) < 4.78 is 7.41. The van der Waals surface area contributed by atoms with E-state index in [0.717, 1.165) is 36.4 Å². The maximum absolute atomic E-state index is 11.5. The summed E-state index contributed by atoms with van der Waals surface area (Å²) in [6.07, 6.45) is 3.93. The van der Waals surface area contributed by atoms with Gasteiger partial charge in [0, 0.05) is 35.9 Å². The second-order valence-electron chi connectivity index (χ2n) is 8.91. The van der Waals surface area contributed by atoms with E-state index in [1.165, 1.54) is 24.1 Å². The average molecular weight is 384 g/mol. The van der Waals surface area contributed by atoms with Crippen LogP contribution in [0.15, 0.2) is 24.3 Å². The van der Waals surface area contributed by atoms with Crippen LogP contribution < -0.4 is 4.74 Å². The molecule has 2 bridgehead atoms. The van der Waals surface area contributed by atoms with Gasteiger partial charge in [-0.25, -0.2) is 0 Å². The molecule has 4 rings (SSSR count). The first-order valence-electron chi connectivity index (χ1n) is 10.5. The highest BCUT2D eigenvalue weighted by Gasteiger charge is 2.48. The van der Waals surface area contributed by atoms with Crippen molar-refractivity contribution in [2.75, 3.05) is 7.11 Å². The second-order valence-corrected chi connectivity index (χ2v) is 8.91. The van der Waals surface area contributed by atoms with Crippen LogP contribution in [0.1, 0.15) is 68.1 Å². The van der Waals surface area contributed by atoms with Crippen molar-refractivity contribution in [3.63, 3.8) is 0 Å². The molecule has 152 valence electrons. The number of nitrogens with zero attached hydrogens (tertiary/aromatic N) is 3. The zero-order valence-corrected chi connectivity index (χ0v) is 17.8. The summed E-state index contributed by atoms with van der Waals surface area (Å²) in [5.74, 6) is 0.834. The molecular weight excluding hydrogens is 350 g/mol. The van der Waals surface area contributed by atoms with E-state index in [1.54, 1.807) is 7.11 Å². The van der Waals surface area contributed by atoms with Gasteiger partial charge in [-0.3, -0.25) is 9.58 Å². The van der Waals surface area contributed by atoms with E-state index in [4.69, 9.17) is 9.84 Å². The first kappa shape index (κ1) is 19.5. The molecule has 0 spiro atoms. The third kappa shape index (κ3) is 3.25. The topological polar surface area (TPSA) is 50.5 Å². The molecule has 2 saturated heterocycles. The van der Waals surface area contributed by atoms with Gasteiger partial charge in [-0.2, -0.15) is 5.10 Å². The second kappa shape index (κ2) is 7.20. The Hall–Kier alpha value is -1.85. The quantitative estimate of drug-likeness (QED) is 0.844. The highest BCUT2D eigenvalue weighted by Crippen LogP contribution is 2.46. The summed E-state index contributed by atoms with van der Waals surface area (Å²) in [5.41, 5.74) is 4.07. The van der Waals surface area contributed by atoms with E-state index in [1.807, 2.05) is 24.3 Å². The predicted octanol–water partition coefficient (Wildman–Crippen LogP) is 4.10. The Morgan fingerprint density at radius 1 is 1.14 bits per heavy atom. The van der Waals surface area contributed by atoms with Gasteiger partial charge >= 0.3 is 0 Å². The highest BCUT2D eigenvalue weighted by molar-refractivity contribution is 5.32. The summed E-state index contributed by atoms with van der Waals surface area (Å²) in [4.78, 5) is 2.62. The standard InChI is InChI=1S/C23H33N3O2/c1-15(2)26-17(4)22(16(3)24-26)14-25-19-8-9-20(25)13-23(27,12-19)18-6-10-21(28-5)11-7-18/h6-7,10-11,15,19-20,27H,8-9,12-14H2,1-5H3. The molecule has 1 aromatic heterocycles. The molecule has 1 aromatic carbocycles. The number of hydrogen-bond donors (Lipinski definition) is 1. The maximum atomic E-state index is 11.5. The lowest BCUT2D eigenvalue weighted by atomic mass is 9.80. The number of methoxy groups -OCH3 is 1. The highest BCUT2D eigenvalue weighted by atomic mass is 16.5. The third-order valence-electron chi connectivity index (χ3n) is 6.85. The molecule has 2 aliphatic heterocycles. The number of hydrogen-bond acceptors (Lipinski definition) is 4. The van der Waals surface area contributed by atoms with Crippen molar-refractivity contribution in [3.05, 3.63) is 46.8 Å². The van der Waals surface area contributed by atoms with Gasteiger partial charge in [0.2, 0.25) is 0 Å². The number of rotatable bonds is 5. The lowest BCUT2D eigenvalue weighted by Gasteiger charge is -2.44. The third-order valence-corrected chi connectivity index (χ3v) is 6.85. The molecular formula is C23H33N3O2. The molecule has 2 unspecified atom stereocenters. The molecule has 0 amide bonds. The zero-order chi connectivity index (χ0) is 20.1. The molecule has 2 aromatic rings. The van der Waals surface area contributed by atoms with E-state index >= 15 is 0 Å². The van der Waals surface area contributed by atoms with Crippen molar-refractivity contribution >= 4 is 0 Å². The van der Waals surface area contributed by atoms with E-state index in [-0.39, 0.29) is 0 Å². The normalized spacial score (nSPS) is 27.5. The van der Waals surface area contributed by atoms with E-state index < -0.39 is 5.60 Å². The molecule has 2 atom stereocenters. The van der Waals surface area contributed by atoms with Gasteiger partial charge in [0.15, 0.2) is 0 Å². The number of piperidine rings is 1. The summed E-state index contributed by atoms with van der Waals surface area (Å²) in [6.45, 7) is 9.62. The Morgan fingerprint density at radius 2 is 1.75 bits per heavy atom. The van der Waals surface area contributed by atoms with Crippen molar-refractivity contribution in [2.24, 2.45) is 0 Å².